The fourth-order valence-electron chi connectivity index (χ4n) is 4.95. The van der Waals surface area contributed by atoms with Crippen molar-refractivity contribution < 1.29 is 9.21 Å². The summed E-state index contributed by atoms with van der Waals surface area (Å²) in [4.78, 5) is 28.0. The number of rotatable bonds is 10. The van der Waals surface area contributed by atoms with Gasteiger partial charge in [0, 0.05) is 35.1 Å². The van der Waals surface area contributed by atoms with Gasteiger partial charge in [0.1, 0.15) is 5.58 Å². The van der Waals surface area contributed by atoms with Crippen molar-refractivity contribution in [3.8, 4) is 0 Å². The lowest BCUT2D eigenvalue weighted by Gasteiger charge is -2.29. The molecule has 7 heteroatoms. The molecule has 5 aromatic rings. The lowest BCUT2D eigenvalue weighted by Crippen LogP contribution is -2.44. The van der Waals surface area contributed by atoms with Crippen LogP contribution in [0.1, 0.15) is 28.2 Å². The number of hydrogen-bond donors (Lipinski definition) is 3. The molecule has 0 bridgehead atoms. The lowest BCUT2D eigenvalue weighted by molar-refractivity contribution is -0.123. The van der Waals surface area contributed by atoms with Gasteiger partial charge >= 0.3 is 0 Å². The van der Waals surface area contributed by atoms with Crippen LogP contribution in [0.5, 0.6) is 0 Å². The predicted molar refractivity (Wildman–Crippen MR) is 167 cm³/mol. The zero-order valence-corrected chi connectivity index (χ0v) is 23.7. The summed E-state index contributed by atoms with van der Waals surface area (Å²) in [6.07, 6.45) is 1.41. The van der Waals surface area contributed by atoms with Gasteiger partial charge in [0.2, 0.25) is 5.91 Å². The van der Waals surface area contributed by atoms with E-state index in [0.717, 1.165) is 28.1 Å². The van der Waals surface area contributed by atoms with E-state index >= 15 is 0 Å². The van der Waals surface area contributed by atoms with Gasteiger partial charge in [-0.25, -0.2) is 0 Å². The Labute approximate surface area is 244 Å². The highest BCUT2D eigenvalue weighted by atomic mass is 35.5. The quantitative estimate of drug-likeness (QED) is 0.169. The average molecular weight is 566 g/mol. The van der Waals surface area contributed by atoms with Gasteiger partial charge in [-0.3, -0.25) is 9.59 Å². The first-order chi connectivity index (χ1) is 19.9. The summed E-state index contributed by atoms with van der Waals surface area (Å²) in [5.74, 6) is -1.19. The van der Waals surface area contributed by atoms with E-state index in [4.69, 9.17) is 16.0 Å². The molecule has 6 nitrogen and oxygen atoms in total. The van der Waals surface area contributed by atoms with Crippen molar-refractivity contribution in [1.82, 2.24) is 5.32 Å². The van der Waals surface area contributed by atoms with E-state index < -0.39 is 12.0 Å². The molecule has 0 aliphatic rings. The second kappa shape index (κ2) is 12.7. The molecule has 2 unspecified atom stereocenters. The van der Waals surface area contributed by atoms with Gasteiger partial charge in [-0.1, -0.05) is 78.3 Å². The molecule has 3 N–H and O–H groups in total. The number of amides is 1. The van der Waals surface area contributed by atoms with Crippen LogP contribution in [0.15, 0.2) is 113 Å². The summed E-state index contributed by atoms with van der Waals surface area (Å²) >= 11 is 6.24. The molecule has 0 aliphatic carbocycles. The van der Waals surface area contributed by atoms with Gasteiger partial charge in [0.25, 0.3) is 0 Å². The van der Waals surface area contributed by atoms with Crippen LogP contribution in [0.3, 0.4) is 0 Å². The summed E-state index contributed by atoms with van der Waals surface area (Å²) in [5.41, 5.74) is 5.25. The number of fused-ring (bicyclic) bond motifs is 1. The highest BCUT2D eigenvalue weighted by molar-refractivity contribution is 6.31. The number of hydrogen-bond acceptors (Lipinski definition) is 5. The van der Waals surface area contributed by atoms with Crippen molar-refractivity contribution in [2.45, 2.75) is 32.4 Å². The molecule has 1 amide bonds. The van der Waals surface area contributed by atoms with E-state index in [2.05, 4.69) is 16.0 Å². The summed E-state index contributed by atoms with van der Waals surface area (Å²) in [6, 6.07) is 29.9. The predicted octanol–water partition coefficient (Wildman–Crippen LogP) is 7.06. The van der Waals surface area contributed by atoms with Crippen molar-refractivity contribution in [1.29, 1.82) is 0 Å². The topological polar surface area (TPSA) is 83.4 Å². The minimum atomic E-state index is -0.894. The number of aryl methyl sites for hydroxylation is 2. The fourth-order valence-corrected chi connectivity index (χ4v) is 5.12. The molecule has 0 aliphatic heterocycles. The smallest absolute Gasteiger partial charge is 0.230 e. The highest BCUT2D eigenvalue weighted by Gasteiger charge is 2.33. The lowest BCUT2D eigenvalue weighted by atomic mass is 9.89. The Bertz CT molecular complexity index is 1720. The first-order valence-corrected chi connectivity index (χ1v) is 13.9. The average Bonchev–Trinajstić information content (AvgIpc) is 2.98. The minimum absolute atomic E-state index is 0.253. The van der Waals surface area contributed by atoms with Gasteiger partial charge in [-0.05, 0) is 60.9 Å². The molecule has 208 valence electrons. The van der Waals surface area contributed by atoms with E-state index in [-0.39, 0.29) is 16.9 Å². The molecule has 1 heterocycles. The molecule has 1 aromatic heterocycles. The molecule has 4 aromatic carbocycles. The molecule has 0 saturated carbocycles. The molecule has 0 spiro atoms. The van der Waals surface area contributed by atoms with Crippen molar-refractivity contribution in [3.05, 3.63) is 141 Å². The third-order valence-electron chi connectivity index (χ3n) is 7.23. The first kappa shape index (κ1) is 28.0. The van der Waals surface area contributed by atoms with E-state index in [0.29, 0.717) is 29.1 Å². The molecule has 5 rings (SSSR count). The third-order valence-corrected chi connectivity index (χ3v) is 7.47. The fraction of sp³-hybridized carbons (Fsp3) is 0.176. The molecular weight excluding hydrogens is 534 g/mol. The monoisotopic (exact) mass is 565 g/mol. The van der Waals surface area contributed by atoms with Crippen LogP contribution in [0.25, 0.3) is 11.0 Å². The Balaban J connectivity index is 1.58. The maximum Gasteiger partial charge on any atom is 0.230 e. The Kier molecular flexibility index (Phi) is 8.70. The van der Waals surface area contributed by atoms with Gasteiger partial charge in [0.15, 0.2) is 5.43 Å². The Morgan fingerprint density at radius 2 is 1.51 bits per heavy atom. The van der Waals surface area contributed by atoms with Crippen molar-refractivity contribution >= 4 is 39.9 Å². The van der Waals surface area contributed by atoms with E-state index in [9.17, 15) is 9.59 Å². The van der Waals surface area contributed by atoms with Crippen LogP contribution in [0.4, 0.5) is 11.4 Å². The molecule has 41 heavy (non-hydrogen) atoms. The zero-order chi connectivity index (χ0) is 28.8. The van der Waals surface area contributed by atoms with Crippen LogP contribution in [0.2, 0.25) is 5.02 Å². The van der Waals surface area contributed by atoms with E-state index in [1.54, 1.807) is 18.2 Å². The largest absolute Gasteiger partial charge is 0.464 e. The first-order valence-electron chi connectivity index (χ1n) is 13.5. The number of anilines is 2. The second-order valence-corrected chi connectivity index (χ2v) is 10.5. The summed E-state index contributed by atoms with van der Waals surface area (Å²) < 4.78 is 5.89. The van der Waals surface area contributed by atoms with Gasteiger partial charge < -0.3 is 20.4 Å². The van der Waals surface area contributed by atoms with Crippen LogP contribution < -0.4 is 21.4 Å². The molecule has 0 fully saturated rings. The maximum absolute atomic E-state index is 14.1. The molecular formula is C34H32ClN3O3. The Morgan fingerprint density at radius 1 is 0.854 bits per heavy atom. The number of benzene rings is 4. The van der Waals surface area contributed by atoms with Crippen LogP contribution in [0, 0.1) is 13.8 Å². The summed E-state index contributed by atoms with van der Waals surface area (Å²) in [6.45, 7) is 4.71. The van der Waals surface area contributed by atoms with Gasteiger partial charge in [-0.15, -0.1) is 0 Å². The molecule has 0 radical (unpaired) electrons. The van der Waals surface area contributed by atoms with Crippen molar-refractivity contribution in [2.75, 3.05) is 17.2 Å². The van der Waals surface area contributed by atoms with Gasteiger partial charge in [0.05, 0.1) is 23.6 Å². The highest BCUT2D eigenvalue weighted by Crippen LogP contribution is 2.27. The normalized spacial score (nSPS) is 12.5. The second-order valence-electron chi connectivity index (χ2n) is 10.1. The van der Waals surface area contributed by atoms with Crippen LogP contribution in [-0.2, 0) is 11.3 Å². The van der Waals surface area contributed by atoms with E-state index in [1.807, 2.05) is 92.7 Å². The summed E-state index contributed by atoms with van der Waals surface area (Å²) in [7, 11) is 0. The van der Waals surface area contributed by atoms with Crippen molar-refractivity contribution in [3.63, 3.8) is 0 Å². The number of halogens is 1. The third kappa shape index (κ3) is 6.61. The van der Waals surface area contributed by atoms with Crippen molar-refractivity contribution in [2.24, 2.45) is 0 Å². The SMILES string of the molecule is Cc1ccccc1NCC(Nc1ccccc1C)C(C(=O)NCc1ccccc1)c1coc2ccc(Cl)cc2c1=O. The number of para-hydroxylation sites is 2. The number of nitrogens with one attached hydrogen (secondary N) is 3. The molecule has 2 atom stereocenters. The standard InChI is InChI=1S/C34H32ClN3O3/c1-22-10-6-8-14-28(22)36-20-30(38-29-15-9-7-11-23(29)2)32(34(40)37-19-24-12-4-3-5-13-24)27-21-41-31-17-16-25(35)18-26(31)33(27)39/h3-18,21,30,32,36,38H,19-20H2,1-2H3,(H,37,40). The van der Waals surface area contributed by atoms with Gasteiger partial charge in [-0.2, -0.15) is 0 Å². The number of carbonyl (C=O) groups excluding carboxylic acids is 1. The number of carbonyl (C=O) groups is 1. The van der Waals surface area contributed by atoms with Crippen LogP contribution in [-0.4, -0.2) is 18.5 Å². The van der Waals surface area contributed by atoms with Crippen LogP contribution >= 0.6 is 11.6 Å². The Morgan fingerprint density at radius 3 is 2.22 bits per heavy atom. The maximum atomic E-state index is 14.1. The van der Waals surface area contributed by atoms with E-state index in [1.165, 1.54) is 6.26 Å². The molecule has 0 saturated heterocycles. The summed E-state index contributed by atoms with van der Waals surface area (Å²) in [5, 5.41) is 10.9. The Hall–Kier alpha value is -4.55. The minimum Gasteiger partial charge on any atom is -0.464 e. The zero-order valence-electron chi connectivity index (χ0n) is 23.0.